The van der Waals surface area contributed by atoms with Gasteiger partial charge in [0, 0.05) is 13.1 Å². The molecule has 2 rings (SSSR count). The Bertz CT molecular complexity index is 699. The van der Waals surface area contributed by atoms with Gasteiger partial charge < -0.3 is 14.4 Å². The summed E-state index contributed by atoms with van der Waals surface area (Å²) in [4.78, 5) is 29.7. The standard InChI is InChI=1S/C18H23N3O4/c1-3-10-21(18(24)25-12-14-8-6-5-7-9-14)16(17(22)23)15-11-19-13-20(15)4-2/h5-9,11,13,16H,3-4,10,12H2,1-2H3,(H,22,23). The molecule has 7 nitrogen and oxygen atoms in total. The van der Waals surface area contributed by atoms with E-state index in [2.05, 4.69) is 4.98 Å². The molecule has 7 heteroatoms. The van der Waals surface area contributed by atoms with Crippen molar-refractivity contribution in [2.45, 2.75) is 39.5 Å². The summed E-state index contributed by atoms with van der Waals surface area (Å²) in [6.07, 6.45) is 3.01. The predicted molar refractivity (Wildman–Crippen MR) is 91.9 cm³/mol. The van der Waals surface area contributed by atoms with Gasteiger partial charge in [-0.15, -0.1) is 0 Å². The Morgan fingerprint density at radius 1 is 1.28 bits per heavy atom. The van der Waals surface area contributed by atoms with E-state index >= 15 is 0 Å². The molecule has 0 fully saturated rings. The Morgan fingerprint density at radius 3 is 2.60 bits per heavy atom. The highest BCUT2D eigenvalue weighted by atomic mass is 16.6. The number of carboxylic acid groups (broad SMARTS) is 1. The van der Waals surface area contributed by atoms with Crippen molar-refractivity contribution in [2.24, 2.45) is 0 Å². The van der Waals surface area contributed by atoms with Crippen LogP contribution in [0.4, 0.5) is 4.79 Å². The first-order valence-corrected chi connectivity index (χ1v) is 8.28. The van der Waals surface area contributed by atoms with Crippen LogP contribution in [0.2, 0.25) is 0 Å². The van der Waals surface area contributed by atoms with Crippen molar-refractivity contribution in [1.29, 1.82) is 0 Å². The van der Waals surface area contributed by atoms with Gasteiger partial charge in [-0.1, -0.05) is 37.3 Å². The minimum atomic E-state index is -1.13. The summed E-state index contributed by atoms with van der Waals surface area (Å²) in [5.41, 5.74) is 1.30. The Morgan fingerprint density at radius 2 is 2.00 bits per heavy atom. The molecule has 25 heavy (non-hydrogen) atoms. The van der Waals surface area contributed by atoms with Crippen LogP contribution in [0.15, 0.2) is 42.9 Å². The summed E-state index contributed by atoms with van der Waals surface area (Å²) in [6, 6.07) is 8.14. The lowest BCUT2D eigenvalue weighted by Gasteiger charge is -2.28. The number of amides is 1. The molecule has 0 saturated heterocycles. The molecule has 1 atom stereocenters. The number of aromatic nitrogens is 2. The van der Waals surface area contributed by atoms with Crippen LogP contribution >= 0.6 is 0 Å². The zero-order chi connectivity index (χ0) is 18.2. The van der Waals surface area contributed by atoms with E-state index in [0.717, 1.165) is 5.56 Å². The Balaban J connectivity index is 2.20. The number of carboxylic acids is 1. The van der Waals surface area contributed by atoms with Gasteiger partial charge >= 0.3 is 12.1 Å². The summed E-state index contributed by atoms with van der Waals surface area (Å²) in [5.74, 6) is -1.11. The van der Waals surface area contributed by atoms with Crippen LogP contribution in [-0.2, 0) is 22.7 Å². The minimum Gasteiger partial charge on any atom is -0.479 e. The monoisotopic (exact) mass is 345 g/mol. The highest BCUT2D eigenvalue weighted by Crippen LogP contribution is 2.23. The van der Waals surface area contributed by atoms with Crippen LogP contribution in [0.3, 0.4) is 0 Å². The van der Waals surface area contributed by atoms with Gasteiger partial charge in [-0.2, -0.15) is 0 Å². The van der Waals surface area contributed by atoms with E-state index in [-0.39, 0.29) is 13.2 Å². The fraction of sp³-hybridized carbons (Fsp3) is 0.389. The summed E-state index contributed by atoms with van der Waals surface area (Å²) in [6.45, 7) is 4.71. The maximum absolute atomic E-state index is 12.6. The number of ether oxygens (including phenoxy) is 1. The number of aryl methyl sites for hydroxylation is 1. The van der Waals surface area contributed by atoms with Gasteiger partial charge in [-0.25, -0.2) is 14.6 Å². The molecule has 0 aliphatic carbocycles. The lowest BCUT2D eigenvalue weighted by atomic mass is 10.2. The summed E-state index contributed by atoms with van der Waals surface area (Å²) >= 11 is 0. The topological polar surface area (TPSA) is 84.7 Å². The number of carbonyl (C=O) groups is 2. The molecule has 1 aromatic heterocycles. The number of hydrogen-bond acceptors (Lipinski definition) is 4. The molecule has 0 aliphatic heterocycles. The van der Waals surface area contributed by atoms with Crippen molar-refractivity contribution >= 4 is 12.1 Å². The largest absolute Gasteiger partial charge is 0.479 e. The van der Waals surface area contributed by atoms with Crippen LogP contribution in [0, 0.1) is 0 Å². The van der Waals surface area contributed by atoms with Gasteiger partial charge in [0.15, 0.2) is 6.04 Å². The summed E-state index contributed by atoms with van der Waals surface area (Å²) < 4.78 is 7.05. The molecule has 0 radical (unpaired) electrons. The maximum Gasteiger partial charge on any atom is 0.411 e. The lowest BCUT2D eigenvalue weighted by molar-refractivity contribution is -0.143. The average molecular weight is 345 g/mol. The SMILES string of the molecule is CCCN(C(=O)OCc1ccccc1)C(C(=O)O)c1cncn1CC. The van der Waals surface area contributed by atoms with Crippen molar-refractivity contribution in [3.8, 4) is 0 Å². The number of rotatable bonds is 8. The third-order valence-corrected chi connectivity index (χ3v) is 3.82. The van der Waals surface area contributed by atoms with Crippen molar-refractivity contribution in [3.63, 3.8) is 0 Å². The third-order valence-electron chi connectivity index (χ3n) is 3.82. The molecule has 1 unspecified atom stereocenters. The normalized spacial score (nSPS) is 11.8. The van der Waals surface area contributed by atoms with Gasteiger partial charge in [0.1, 0.15) is 6.61 Å². The molecular formula is C18H23N3O4. The molecule has 0 spiro atoms. The van der Waals surface area contributed by atoms with E-state index in [4.69, 9.17) is 4.74 Å². The Labute approximate surface area is 146 Å². The van der Waals surface area contributed by atoms with E-state index in [1.165, 1.54) is 11.1 Å². The maximum atomic E-state index is 12.6. The van der Waals surface area contributed by atoms with Crippen molar-refractivity contribution in [2.75, 3.05) is 6.54 Å². The second-order valence-corrected chi connectivity index (χ2v) is 5.58. The first-order chi connectivity index (χ1) is 12.1. The summed E-state index contributed by atoms with van der Waals surface area (Å²) in [5, 5.41) is 9.71. The van der Waals surface area contributed by atoms with Crippen LogP contribution < -0.4 is 0 Å². The third kappa shape index (κ3) is 4.59. The second kappa shape index (κ2) is 8.86. The number of imidazole rings is 1. The quantitative estimate of drug-likeness (QED) is 0.795. The number of nitrogens with zero attached hydrogens (tertiary/aromatic N) is 3. The zero-order valence-electron chi connectivity index (χ0n) is 14.5. The molecule has 0 aliphatic rings. The predicted octanol–water partition coefficient (Wildman–Crippen LogP) is 3.08. The fourth-order valence-corrected chi connectivity index (χ4v) is 2.61. The molecule has 1 N–H and O–H groups in total. The van der Waals surface area contributed by atoms with Gasteiger partial charge in [-0.3, -0.25) is 4.90 Å². The fourth-order valence-electron chi connectivity index (χ4n) is 2.61. The average Bonchev–Trinajstić information content (AvgIpc) is 3.08. The lowest BCUT2D eigenvalue weighted by Crippen LogP contribution is -2.40. The number of benzene rings is 1. The highest BCUT2D eigenvalue weighted by Gasteiger charge is 2.34. The summed E-state index contributed by atoms with van der Waals surface area (Å²) in [7, 11) is 0. The molecule has 1 aromatic carbocycles. The van der Waals surface area contributed by atoms with Crippen molar-refractivity contribution in [1.82, 2.24) is 14.5 Å². The van der Waals surface area contributed by atoms with Gasteiger partial charge in [-0.05, 0) is 18.9 Å². The molecular weight excluding hydrogens is 322 g/mol. The number of carbonyl (C=O) groups excluding carboxylic acids is 1. The van der Waals surface area contributed by atoms with Crippen LogP contribution in [-0.4, -0.2) is 38.2 Å². The van der Waals surface area contributed by atoms with E-state index in [9.17, 15) is 14.7 Å². The van der Waals surface area contributed by atoms with Gasteiger partial charge in [0.05, 0.1) is 18.2 Å². The van der Waals surface area contributed by atoms with Gasteiger partial charge in [0.2, 0.25) is 0 Å². The zero-order valence-corrected chi connectivity index (χ0v) is 14.5. The van der Waals surface area contributed by atoms with Gasteiger partial charge in [0.25, 0.3) is 0 Å². The first kappa shape index (κ1) is 18.5. The van der Waals surface area contributed by atoms with Crippen molar-refractivity contribution < 1.29 is 19.4 Å². The molecule has 1 amide bonds. The van der Waals surface area contributed by atoms with Crippen molar-refractivity contribution in [3.05, 3.63) is 54.1 Å². The first-order valence-electron chi connectivity index (χ1n) is 8.28. The number of aliphatic carboxylic acids is 1. The smallest absolute Gasteiger partial charge is 0.411 e. The Hall–Kier alpha value is -2.83. The van der Waals surface area contributed by atoms with E-state index in [0.29, 0.717) is 18.7 Å². The molecule has 1 heterocycles. The second-order valence-electron chi connectivity index (χ2n) is 5.58. The molecule has 0 saturated carbocycles. The van der Waals surface area contributed by atoms with Crippen LogP contribution in [0.25, 0.3) is 0 Å². The van der Waals surface area contributed by atoms with Crippen LogP contribution in [0.5, 0.6) is 0 Å². The van der Waals surface area contributed by atoms with Crippen LogP contribution in [0.1, 0.15) is 37.6 Å². The van der Waals surface area contributed by atoms with E-state index in [1.54, 1.807) is 10.9 Å². The molecule has 0 bridgehead atoms. The number of hydrogen-bond donors (Lipinski definition) is 1. The van der Waals surface area contributed by atoms with E-state index < -0.39 is 18.1 Å². The minimum absolute atomic E-state index is 0.0965. The van der Waals surface area contributed by atoms with E-state index in [1.807, 2.05) is 44.2 Å². The molecule has 2 aromatic rings. The Kier molecular flexibility index (Phi) is 6.56. The highest BCUT2D eigenvalue weighted by molar-refractivity contribution is 5.81. The molecule has 134 valence electrons.